The third kappa shape index (κ3) is 59.5. The van der Waals surface area contributed by atoms with E-state index in [0.29, 0.717) is 31.6 Å². The Morgan fingerprint density at radius 1 is 0.329 bits per heavy atom. The van der Waals surface area contributed by atoms with E-state index in [1.165, 1.54) is 116 Å². The normalized spacial score (nSPS) is 14.7. The van der Waals surface area contributed by atoms with Crippen LogP contribution in [-0.4, -0.2) is 96.7 Å². The molecular weight excluding hydrogens is 1130 g/mol. The number of aliphatic hydroxyl groups excluding tert-OH is 1. The fourth-order valence-corrected chi connectivity index (χ4v) is 11.3. The summed E-state index contributed by atoms with van der Waals surface area (Å²) in [7, 11) is -9.89. The molecule has 0 saturated carbocycles. The molecule has 0 aliphatic heterocycles. The lowest BCUT2D eigenvalue weighted by Crippen LogP contribution is -2.30. The van der Waals surface area contributed by atoms with Crippen molar-refractivity contribution in [2.75, 3.05) is 39.6 Å². The number of hydrogen-bond acceptors (Lipinski definition) is 15. The standard InChI is InChI=1S/C66H128O17P2/c1-9-59(8)45-37-29-23-25-33-41-49-66(71)83-62(53-77-64(69)47-39-31-24-22-28-36-44-58(6)7)55-81-85(74,75)79-51-60(67)50-78-84(72,73)80-54-61(82-65(70)48-40-32-21-17-13-11-15-19-27-35-43-57(4)5)52-76-63(68)46-38-30-20-16-12-10-14-18-26-34-42-56(2)3/h56-62,67H,9-55H2,1-8H3,(H,72,73)(H,74,75)/t59?,60-,61-,62-/m1/s1. The number of rotatable bonds is 63. The highest BCUT2D eigenvalue weighted by Gasteiger charge is 2.30. The zero-order valence-electron chi connectivity index (χ0n) is 55.2. The SMILES string of the molecule is CCC(C)CCCCCCCCC(=O)O[C@H](COC(=O)CCCCCCCCC(C)C)COP(=O)(O)OC[C@H](O)COP(=O)(O)OC[C@@H](COC(=O)CCCCCCCCCCCCC(C)C)OC(=O)CCCCCCCCCCCCC(C)C. The van der Waals surface area contributed by atoms with Crippen LogP contribution in [0, 0.1) is 23.7 Å². The van der Waals surface area contributed by atoms with Gasteiger partial charge in [-0.3, -0.25) is 37.3 Å². The number of phosphoric acid groups is 2. The summed E-state index contributed by atoms with van der Waals surface area (Å²) in [4.78, 5) is 72.3. The summed E-state index contributed by atoms with van der Waals surface area (Å²) in [5, 5.41) is 10.5. The van der Waals surface area contributed by atoms with E-state index in [1.807, 2.05) is 0 Å². The average molecular weight is 1260 g/mol. The molecule has 0 bridgehead atoms. The summed E-state index contributed by atoms with van der Waals surface area (Å²) in [5.74, 6) is 0.771. The van der Waals surface area contributed by atoms with Crippen molar-refractivity contribution in [3.05, 3.63) is 0 Å². The smallest absolute Gasteiger partial charge is 0.462 e. The Bertz CT molecular complexity index is 1700. The quantitative estimate of drug-likeness (QED) is 0.0222. The van der Waals surface area contributed by atoms with Gasteiger partial charge in [-0.15, -0.1) is 0 Å². The first-order valence-electron chi connectivity index (χ1n) is 34.2. The molecule has 0 amide bonds. The van der Waals surface area contributed by atoms with E-state index in [-0.39, 0.29) is 25.7 Å². The van der Waals surface area contributed by atoms with Gasteiger partial charge < -0.3 is 33.8 Å². The molecular formula is C66H128O17P2. The molecule has 6 atom stereocenters. The van der Waals surface area contributed by atoms with Crippen LogP contribution in [-0.2, 0) is 65.4 Å². The van der Waals surface area contributed by atoms with Crippen LogP contribution in [0.25, 0.3) is 0 Å². The second kappa shape index (κ2) is 56.1. The Morgan fingerprint density at radius 3 is 0.835 bits per heavy atom. The van der Waals surface area contributed by atoms with Gasteiger partial charge in [0.2, 0.25) is 0 Å². The van der Waals surface area contributed by atoms with Gasteiger partial charge >= 0.3 is 39.5 Å². The molecule has 19 heteroatoms. The number of phosphoric ester groups is 2. The van der Waals surface area contributed by atoms with Crippen LogP contribution in [0.2, 0.25) is 0 Å². The second-order valence-corrected chi connectivity index (χ2v) is 28.4. The molecule has 85 heavy (non-hydrogen) atoms. The minimum atomic E-state index is -4.95. The van der Waals surface area contributed by atoms with Gasteiger partial charge in [-0.25, -0.2) is 9.13 Å². The van der Waals surface area contributed by atoms with Crippen molar-refractivity contribution >= 4 is 39.5 Å². The van der Waals surface area contributed by atoms with Gasteiger partial charge in [0.05, 0.1) is 26.4 Å². The van der Waals surface area contributed by atoms with Gasteiger partial charge in [0, 0.05) is 25.7 Å². The topological polar surface area (TPSA) is 237 Å². The number of carbonyl (C=O) groups excluding carboxylic acids is 4. The zero-order chi connectivity index (χ0) is 63.2. The van der Waals surface area contributed by atoms with Crippen molar-refractivity contribution in [1.82, 2.24) is 0 Å². The Balaban J connectivity index is 5.25. The van der Waals surface area contributed by atoms with Crippen LogP contribution in [0.15, 0.2) is 0 Å². The van der Waals surface area contributed by atoms with E-state index in [0.717, 1.165) is 114 Å². The highest BCUT2D eigenvalue weighted by molar-refractivity contribution is 7.47. The van der Waals surface area contributed by atoms with E-state index >= 15 is 0 Å². The second-order valence-electron chi connectivity index (χ2n) is 25.5. The molecule has 0 aromatic heterocycles. The number of hydrogen-bond donors (Lipinski definition) is 3. The lowest BCUT2D eigenvalue weighted by atomic mass is 10.00. The zero-order valence-corrected chi connectivity index (χ0v) is 57.0. The number of esters is 4. The molecule has 0 aliphatic carbocycles. The summed E-state index contributed by atoms with van der Waals surface area (Å²) in [6, 6.07) is 0. The Kier molecular flexibility index (Phi) is 54.8. The maximum Gasteiger partial charge on any atom is 0.472 e. The summed E-state index contributed by atoms with van der Waals surface area (Å²) >= 11 is 0. The number of aliphatic hydroxyl groups is 1. The average Bonchev–Trinajstić information content (AvgIpc) is 3.58. The van der Waals surface area contributed by atoms with Gasteiger partial charge in [-0.1, -0.05) is 267 Å². The first-order chi connectivity index (χ1) is 40.6. The minimum absolute atomic E-state index is 0.101. The van der Waals surface area contributed by atoms with Gasteiger partial charge in [-0.05, 0) is 49.4 Å². The lowest BCUT2D eigenvalue weighted by Gasteiger charge is -2.21. The monoisotopic (exact) mass is 1250 g/mol. The van der Waals surface area contributed by atoms with Crippen molar-refractivity contribution in [3.63, 3.8) is 0 Å². The molecule has 504 valence electrons. The Hall–Kier alpha value is -1.94. The van der Waals surface area contributed by atoms with Gasteiger partial charge in [0.25, 0.3) is 0 Å². The minimum Gasteiger partial charge on any atom is -0.462 e. The maximum atomic E-state index is 13.0. The number of unbranched alkanes of at least 4 members (excludes halogenated alkanes) is 28. The van der Waals surface area contributed by atoms with E-state index in [4.69, 9.17) is 37.0 Å². The van der Waals surface area contributed by atoms with E-state index in [1.54, 1.807) is 0 Å². The highest BCUT2D eigenvalue weighted by atomic mass is 31.2. The molecule has 0 spiro atoms. The Labute approximate surface area is 517 Å². The molecule has 0 rings (SSSR count). The van der Waals surface area contributed by atoms with Crippen molar-refractivity contribution in [2.24, 2.45) is 23.7 Å². The van der Waals surface area contributed by atoms with Gasteiger partial charge in [0.1, 0.15) is 19.3 Å². The predicted octanol–water partition coefficient (Wildman–Crippen LogP) is 18.1. The molecule has 3 unspecified atom stereocenters. The van der Waals surface area contributed by atoms with Crippen LogP contribution in [0.1, 0.15) is 319 Å². The first-order valence-corrected chi connectivity index (χ1v) is 37.2. The van der Waals surface area contributed by atoms with Gasteiger partial charge in [-0.2, -0.15) is 0 Å². The first kappa shape index (κ1) is 83.1. The third-order valence-electron chi connectivity index (χ3n) is 15.4. The lowest BCUT2D eigenvalue weighted by molar-refractivity contribution is -0.161. The predicted molar refractivity (Wildman–Crippen MR) is 340 cm³/mol. The van der Waals surface area contributed by atoms with Crippen molar-refractivity contribution in [2.45, 2.75) is 337 Å². The summed E-state index contributed by atoms with van der Waals surface area (Å²) in [6.45, 7) is 14.0. The van der Waals surface area contributed by atoms with E-state index in [2.05, 4.69) is 55.4 Å². The third-order valence-corrected chi connectivity index (χ3v) is 17.3. The van der Waals surface area contributed by atoms with Crippen molar-refractivity contribution < 1.29 is 80.2 Å². The summed E-state index contributed by atoms with van der Waals surface area (Å²) < 4.78 is 68.1. The van der Waals surface area contributed by atoms with Gasteiger partial charge in [0.15, 0.2) is 12.2 Å². The van der Waals surface area contributed by atoms with Crippen molar-refractivity contribution in [3.8, 4) is 0 Å². The fraction of sp³-hybridized carbons (Fsp3) is 0.939. The summed E-state index contributed by atoms with van der Waals surface area (Å²) in [5.41, 5.74) is 0. The molecule has 0 aliphatic rings. The fourth-order valence-electron chi connectivity index (χ4n) is 9.75. The molecule has 0 radical (unpaired) electrons. The van der Waals surface area contributed by atoms with Crippen molar-refractivity contribution in [1.29, 1.82) is 0 Å². The molecule has 17 nitrogen and oxygen atoms in total. The van der Waals surface area contributed by atoms with E-state index < -0.39 is 97.5 Å². The number of carbonyl (C=O) groups is 4. The van der Waals surface area contributed by atoms with Crippen LogP contribution in [0.5, 0.6) is 0 Å². The number of ether oxygens (including phenoxy) is 4. The van der Waals surface area contributed by atoms with Crippen LogP contribution in [0.3, 0.4) is 0 Å². The molecule has 3 N–H and O–H groups in total. The maximum absolute atomic E-state index is 13.0. The van der Waals surface area contributed by atoms with Crippen LogP contribution in [0.4, 0.5) is 0 Å². The molecule has 0 saturated heterocycles. The Morgan fingerprint density at radius 2 is 0.565 bits per heavy atom. The highest BCUT2D eigenvalue weighted by Crippen LogP contribution is 2.45. The summed E-state index contributed by atoms with van der Waals surface area (Å²) in [6.07, 6.45) is 36.4. The molecule has 0 aromatic rings. The molecule has 0 aromatic carbocycles. The molecule has 0 heterocycles. The van der Waals surface area contributed by atoms with Crippen LogP contribution < -0.4 is 0 Å². The van der Waals surface area contributed by atoms with Crippen LogP contribution >= 0.6 is 15.6 Å². The van der Waals surface area contributed by atoms with E-state index in [9.17, 15) is 43.2 Å². The molecule has 0 fully saturated rings. The largest absolute Gasteiger partial charge is 0.472 e.